The second-order valence-corrected chi connectivity index (χ2v) is 14.5. The molecule has 0 radical (unpaired) electrons. The predicted octanol–water partition coefficient (Wildman–Crippen LogP) is 11.5. The molecule has 0 saturated heterocycles. The lowest BCUT2D eigenvalue weighted by atomic mass is 10.0. The van der Waals surface area contributed by atoms with Gasteiger partial charge in [0.1, 0.15) is 23.4 Å². The van der Waals surface area contributed by atoms with E-state index < -0.39 is 30.5 Å². The molecule has 2 atom stereocenters. The molecule has 248 valence electrons. The quantitative estimate of drug-likeness (QED) is 0.0620. The van der Waals surface area contributed by atoms with E-state index in [9.17, 15) is 18.1 Å². The van der Waals surface area contributed by atoms with Crippen LogP contribution in [-0.4, -0.2) is 18.6 Å². The summed E-state index contributed by atoms with van der Waals surface area (Å²) < 4.78 is 51.3. The molecule has 2 aromatic rings. The van der Waals surface area contributed by atoms with Crippen LogP contribution in [0.25, 0.3) is 0 Å². The molecule has 1 N–H and O–H groups in total. The Morgan fingerprint density at radius 3 is 1.68 bits per heavy atom. The maximum atomic E-state index is 13.8. The Kier molecular flexibility index (Phi) is 20.3. The number of esters is 1. The topological polar surface area (TPSA) is 64.6 Å². The number of carbonyl (C=O) groups is 1. The Hall–Kier alpha value is -1.95. The minimum Gasteiger partial charge on any atom is -0.465 e. The summed E-state index contributed by atoms with van der Waals surface area (Å²) in [7, 11) is 0. The standard InChI is InChI=1S/C35H53ClF2NO4P/c1-2-3-4-5-6-7-8-9-10-11-12-13-14-15-16-17-18-22-25-42-35(40)34(28-30-26-31(37)29-32(38)27-30)39-44(36,41)43-33-23-20-19-21-24-33/h19-21,23-24,26-27,29,34H,2-18,22,25,28H2,1H3,(H,39,41)/t34-,44?/m0/s1. The van der Waals surface area contributed by atoms with Crippen molar-refractivity contribution < 1.29 is 27.4 Å². The monoisotopic (exact) mass is 655 g/mol. The van der Waals surface area contributed by atoms with Gasteiger partial charge in [-0.2, -0.15) is 0 Å². The molecular weight excluding hydrogens is 603 g/mol. The van der Waals surface area contributed by atoms with E-state index in [-0.39, 0.29) is 24.3 Å². The van der Waals surface area contributed by atoms with Gasteiger partial charge in [0.2, 0.25) is 0 Å². The largest absolute Gasteiger partial charge is 0.465 e. The van der Waals surface area contributed by atoms with Crippen molar-refractivity contribution in [3.63, 3.8) is 0 Å². The Morgan fingerprint density at radius 2 is 1.20 bits per heavy atom. The lowest BCUT2D eigenvalue weighted by Gasteiger charge is -2.21. The van der Waals surface area contributed by atoms with Crippen LogP contribution in [0.4, 0.5) is 8.78 Å². The van der Waals surface area contributed by atoms with E-state index in [4.69, 9.17) is 20.5 Å². The Balaban J connectivity index is 1.60. The van der Waals surface area contributed by atoms with Crippen LogP contribution < -0.4 is 9.61 Å². The highest BCUT2D eigenvalue weighted by molar-refractivity contribution is 7.84. The summed E-state index contributed by atoms with van der Waals surface area (Å²) in [4.78, 5) is 12.9. The molecule has 2 aromatic carbocycles. The summed E-state index contributed by atoms with van der Waals surface area (Å²) in [6.07, 6.45) is 22.6. The minimum atomic E-state index is -4.03. The van der Waals surface area contributed by atoms with Crippen LogP contribution in [0.1, 0.15) is 128 Å². The molecule has 0 amide bonds. The minimum absolute atomic E-state index is 0.179. The molecule has 1 unspecified atom stereocenters. The molecule has 0 aromatic heterocycles. The van der Waals surface area contributed by atoms with E-state index in [2.05, 4.69) is 12.0 Å². The molecule has 0 aliphatic heterocycles. The summed E-state index contributed by atoms with van der Waals surface area (Å²) in [6, 6.07) is 10.0. The first-order valence-electron chi connectivity index (χ1n) is 16.7. The van der Waals surface area contributed by atoms with Gasteiger partial charge in [-0.25, -0.2) is 18.4 Å². The lowest BCUT2D eigenvalue weighted by molar-refractivity contribution is -0.145. The zero-order chi connectivity index (χ0) is 31.9. The molecule has 2 rings (SSSR count). The van der Waals surface area contributed by atoms with Gasteiger partial charge in [0.15, 0.2) is 0 Å². The van der Waals surface area contributed by atoms with Crippen LogP contribution in [0.5, 0.6) is 5.75 Å². The van der Waals surface area contributed by atoms with Crippen LogP contribution >= 0.6 is 18.1 Å². The number of halogens is 3. The van der Waals surface area contributed by atoms with E-state index >= 15 is 0 Å². The first-order chi connectivity index (χ1) is 21.3. The van der Waals surface area contributed by atoms with Gasteiger partial charge in [-0.3, -0.25) is 4.79 Å². The Morgan fingerprint density at radius 1 is 0.750 bits per heavy atom. The second-order valence-electron chi connectivity index (χ2n) is 11.7. The number of carbonyl (C=O) groups excluding carboxylic acids is 1. The van der Waals surface area contributed by atoms with Crippen LogP contribution in [0, 0.1) is 11.6 Å². The summed E-state index contributed by atoms with van der Waals surface area (Å²) in [5, 5.41) is 2.52. The number of ether oxygens (including phenoxy) is 1. The zero-order valence-electron chi connectivity index (χ0n) is 26.6. The third-order valence-electron chi connectivity index (χ3n) is 7.66. The van der Waals surface area contributed by atoms with Crippen molar-refractivity contribution in [3.05, 3.63) is 65.7 Å². The fourth-order valence-electron chi connectivity index (χ4n) is 5.25. The highest BCUT2D eigenvalue weighted by Gasteiger charge is 2.31. The van der Waals surface area contributed by atoms with Gasteiger partial charge in [-0.15, -0.1) is 0 Å². The number of benzene rings is 2. The fraction of sp³-hybridized carbons (Fsp3) is 0.629. The van der Waals surface area contributed by atoms with E-state index in [1.807, 2.05) is 0 Å². The number of unbranched alkanes of at least 4 members (excludes halogenated alkanes) is 17. The van der Waals surface area contributed by atoms with Crippen molar-refractivity contribution in [2.45, 2.75) is 135 Å². The van der Waals surface area contributed by atoms with Gasteiger partial charge in [0.25, 0.3) is 0 Å². The van der Waals surface area contributed by atoms with Crippen LogP contribution in [-0.2, 0) is 20.5 Å². The van der Waals surface area contributed by atoms with Gasteiger partial charge in [0, 0.05) is 17.3 Å². The molecule has 0 aliphatic rings. The highest BCUT2D eigenvalue weighted by atomic mass is 35.7. The molecule has 0 heterocycles. The lowest BCUT2D eigenvalue weighted by Crippen LogP contribution is -2.38. The van der Waals surface area contributed by atoms with E-state index in [1.54, 1.807) is 30.3 Å². The van der Waals surface area contributed by atoms with Crippen LogP contribution in [0.15, 0.2) is 48.5 Å². The Labute approximate surface area is 269 Å². The number of hydrogen-bond acceptors (Lipinski definition) is 4. The average Bonchev–Trinajstić information content (AvgIpc) is 2.97. The van der Waals surface area contributed by atoms with E-state index in [0.717, 1.165) is 37.5 Å². The van der Waals surface area contributed by atoms with Crippen molar-refractivity contribution in [1.29, 1.82) is 0 Å². The van der Waals surface area contributed by atoms with Gasteiger partial charge in [-0.1, -0.05) is 134 Å². The van der Waals surface area contributed by atoms with Crippen molar-refractivity contribution >= 4 is 24.1 Å². The maximum Gasteiger partial charge on any atom is 0.409 e. The third kappa shape index (κ3) is 18.8. The van der Waals surface area contributed by atoms with Crippen LogP contribution in [0.3, 0.4) is 0 Å². The summed E-state index contributed by atoms with van der Waals surface area (Å²) in [5.74, 6) is -2.01. The second kappa shape index (κ2) is 23.4. The molecule has 0 saturated carbocycles. The number of nitrogens with one attached hydrogen (secondary N) is 1. The summed E-state index contributed by atoms with van der Waals surface area (Å²) in [6.45, 7) is -1.57. The van der Waals surface area contributed by atoms with Crippen molar-refractivity contribution in [1.82, 2.24) is 5.09 Å². The summed E-state index contributed by atoms with van der Waals surface area (Å²) in [5.41, 5.74) is 0.196. The average molecular weight is 656 g/mol. The molecule has 0 aliphatic carbocycles. The van der Waals surface area contributed by atoms with Crippen molar-refractivity contribution in [2.24, 2.45) is 0 Å². The number of para-hydroxylation sites is 1. The molecule has 0 fully saturated rings. The molecular formula is C35H53ClF2NO4P. The van der Waals surface area contributed by atoms with Crippen LogP contribution in [0.2, 0.25) is 0 Å². The highest BCUT2D eigenvalue weighted by Crippen LogP contribution is 2.48. The molecule has 0 spiro atoms. The first-order valence-corrected chi connectivity index (χ1v) is 19.3. The summed E-state index contributed by atoms with van der Waals surface area (Å²) >= 11 is 6.12. The zero-order valence-corrected chi connectivity index (χ0v) is 28.2. The normalized spacial score (nSPS) is 13.4. The van der Waals surface area contributed by atoms with Gasteiger partial charge < -0.3 is 9.26 Å². The third-order valence-corrected chi connectivity index (χ3v) is 9.23. The van der Waals surface area contributed by atoms with Gasteiger partial charge in [-0.05, 0) is 42.7 Å². The molecule has 9 heteroatoms. The first kappa shape index (κ1) is 38.2. The van der Waals surface area contributed by atoms with Gasteiger partial charge in [0.05, 0.1) is 6.61 Å². The smallest absolute Gasteiger partial charge is 0.409 e. The molecule has 44 heavy (non-hydrogen) atoms. The SMILES string of the molecule is CCCCCCCCCCCCCCCCCCCCOC(=O)[C@H](Cc1cc(F)cc(F)c1)NP(=O)(Cl)Oc1ccccc1. The van der Waals surface area contributed by atoms with Gasteiger partial charge >= 0.3 is 12.8 Å². The number of hydrogen-bond donors (Lipinski definition) is 1. The van der Waals surface area contributed by atoms with E-state index in [1.165, 1.54) is 89.9 Å². The van der Waals surface area contributed by atoms with Crippen molar-refractivity contribution in [2.75, 3.05) is 6.61 Å². The van der Waals surface area contributed by atoms with E-state index in [0.29, 0.717) is 6.42 Å². The molecule has 5 nitrogen and oxygen atoms in total. The predicted molar refractivity (Wildman–Crippen MR) is 177 cm³/mol. The fourth-order valence-corrected chi connectivity index (χ4v) is 6.86. The Bertz CT molecular complexity index is 1070. The van der Waals surface area contributed by atoms with Crippen molar-refractivity contribution in [3.8, 4) is 5.75 Å². The maximum absolute atomic E-state index is 13.8. The molecule has 0 bridgehead atoms. The number of rotatable bonds is 26.